The Morgan fingerprint density at radius 2 is 2.07 bits per heavy atom. The molecular weight excluding hydrogens is 407 g/mol. The average molecular weight is 429 g/mol. The molecule has 30 heavy (non-hydrogen) atoms. The number of halogens is 3. The normalized spacial score (nSPS) is 11.2. The zero-order chi connectivity index (χ0) is 22.1. The molecule has 0 atom stereocenters. The lowest BCUT2D eigenvalue weighted by molar-refractivity contribution is -0.137. The molecule has 0 bridgehead atoms. The van der Waals surface area contributed by atoms with Crippen LogP contribution >= 0.6 is 0 Å². The number of carbonyl (C=O) groups is 2. The van der Waals surface area contributed by atoms with Crippen molar-refractivity contribution in [1.82, 2.24) is 9.88 Å². The highest BCUT2D eigenvalue weighted by molar-refractivity contribution is 5.89. The van der Waals surface area contributed by atoms with E-state index in [9.17, 15) is 22.8 Å². The number of hydrogen-bond acceptors (Lipinski definition) is 6. The van der Waals surface area contributed by atoms with Gasteiger partial charge in [-0.05, 0) is 31.5 Å². The minimum Gasteiger partial charge on any atom is -0.464 e. The van der Waals surface area contributed by atoms with Gasteiger partial charge in [0.1, 0.15) is 6.26 Å². The van der Waals surface area contributed by atoms with E-state index in [0.717, 1.165) is 18.4 Å². The number of oxazole rings is 1. The molecule has 0 aliphatic heterocycles. The summed E-state index contributed by atoms with van der Waals surface area (Å²) in [6.07, 6.45) is -2.95. The Bertz CT molecular complexity index is 854. The molecule has 11 heteroatoms. The molecule has 1 aromatic heterocycles. The zero-order valence-corrected chi connectivity index (χ0v) is 16.5. The lowest BCUT2D eigenvalue weighted by atomic mass is 10.2. The maximum absolute atomic E-state index is 12.9. The lowest BCUT2D eigenvalue weighted by Gasteiger charge is -2.22. The van der Waals surface area contributed by atoms with Gasteiger partial charge in [-0.15, -0.1) is 0 Å². The van der Waals surface area contributed by atoms with E-state index >= 15 is 0 Å². The second-order valence-electron chi connectivity index (χ2n) is 6.10. The van der Waals surface area contributed by atoms with Crippen molar-refractivity contribution in [3.63, 3.8) is 0 Å². The molecule has 8 nitrogen and oxygen atoms in total. The summed E-state index contributed by atoms with van der Waals surface area (Å²) >= 11 is 0. The molecule has 2 amide bonds. The molecule has 0 unspecified atom stereocenters. The van der Waals surface area contributed by atoms with Crippen molar-refractivity contribution in [2.75, 3.05) is 32.2 Å². The Kier molecular flexibility index (Phi) is 8.22. The van der Waals surface area contributed by atoms with Crippen LogP contribution in [0.4, 0.5) is 23.7 Å². The fraction of sp³-hybridized carbons (Fsp3) is 0.421. The molecule has 0 spiro atoms. The van der Waals surface area contributed by atoms with E-state index < -0.39 is 23.7 Å². The second kappa shape index (κ2) is 10.6. The smallest absolute Gasteiger partial charge is 0.416 e. The van der Waals surface area contributed by atoms with Gasteiger partial charge in [-0.3, -0.25) is 0 Å². The number of nitrogens with zero attached hydrogens (tertiary/aromatic N) is 2. The first kappa shape index (κ1) is 23.2. The van der Waals surface area contributed by atoms with E-state index in [4.69, 9.17) is 9.15 Å². The van der Waals surface area contributed by atoms with Crippen molar-refractivity contribution in [2.45, 2.75) is 26.1 Å². The number of methoxy groups -OCH3 is 1. The molecule has 0 aliphatic rings. The molecule has 1 heterocycles. The third-order valence-corrected chi connectivity index (χ3v) is 3.92. The number of hydrogen-bond donors (Lipinski definition) is 1. The molecule has 0 saturated carbocycles. The predicted molar refractivity (Wildman–Crippen MR) is 99.8 cm³/mol. The van der Waals surface area contributed by atoms with E-state index in [-0.39, 0.29) is 30.4 Å². The highest BCUT2D eigenvalue weighted by atomic mass is 19.4. The van der Waals surface area contributed by atoms with Gasteiger partial charge in [-0.25, -0.2) is 14.6 Å². The van der Waals surface area contributed by atoms with Crippen LogP contribution in [0.1, 0.15) is 35.3 Å². The maximum atomic E-state index is 12.9. The summed E-state index contributed by atoms with van der Waals surface area (Å²) in [7, 11) is 1.19. The van der Waals surface area contributed by atoms with Crippen molar-refractivity contribution in [1.29, 1.82) is 0 Å². The minimum absolute atomic E-state index is 0.00714. The average Bonchev–Trinajstić information content (AvgIpc) is 3.18. The second-order valence-corrected chi connectivity index (χ2v) is 6.10. The van der Waals surface area contributed by atoms with Crippen LogP contribution in [-0.2, 0) is 22.2 Å². The minimum atomic E-state index is -4.53. The quantitative estimate of drug-likeness (QED) is 0.479. The number of anilines is 1. The number of benzene rings is 1. The molecular formula is C19H22F3N3O5. The van der Waals surface area contributed by atoms with Crippen LogP contribution in [0.2, 0.25) is 0 Å². The van der Waals surface area contributed by atoms with E-state index in [1.807, 2.05) is 6.92 Å². The summed E-state index contributed by atoms with van der Waals surface area (Å²) in [4.78, 5) is 29.4. The first-order chi connectivity index (χ1) is 14.2. The first-order valence-electron chi connectivity index (χ1n) is 9.08. The zero-order valence-electron chi connectivity index (χ0n) is 16.5. The fourth-order valence-corrected chi connectivity index (χ4v) is 2.48. The number of ether oxygens (including phenoxy) is 2. The molecule has 2 rings (SSSR count). The highest BCUT2D eigenvalue weighted by Gasteiger charge is 2.30. The summed E-state index contributed by atoms with van der Waals surface area (Å²) in [6, 6.07) is 3.66. The van der Waals surface area contributed by atoms with Crippen LogP contribution in [0.3, 0.4) is 0 Å². The van der Waals surface area contributed by atoms with Gasteiger partial charge in [0.05, 0.1) is 19.2 Å². The van der Waals surface area contributed by atoms with Crippen molar-refractivity contribution in [3.8, 4) is 0 Å². The van der Waals surface area contributed by atoms with Gasteiger partial charge in [0.25, 0.3) is 0 Å². The lowest BCUT2D eigenvalue weighted by Crippen LogP contribution is -2.36. The molecule has 0 saturated heterocycles. The first-order valence-corrected chi connectivity index (χ1v) is 9.08. The van der Waals surface area contributed by atoms with Crippen LogP contribution in [0, 0.1) is 0 Å². The Hall–Kier alpha value is -3.08. The van der Waals surface area contributed by atoms with Crippen LogP contribution in [-0.4, -0.2) is 48.8 Å². The Morgan fingerprint density at radius 3 is 2.73 bits per heavy atom. The Labute approximate surface area is 171 Å². The van der Waals surface area contributed by atoms with Crippen molar-refractivity contribution >= 4 is 17.7 Å². The van der Waals surface area contributed by atoms with Crippen molar-refractivity contribution in [3.05, 3.63) is 47.7 Å². The molecule has 1 N–H and O–H groups in total. The number of nitrogens with one attached hydrogen (secondary N) is 1. The summed E-state index contributed by atoms with van der Waals surface area (Å²) in [5.41, 5.74) is -0.939. The number of urea groups is 1. The van der Waals surface area contributed by atoms with Crippen LogP contribution in [0.5, 0.6) is 0 Å². The Balaban J connectivity index is 2.12. The largest absolute Gasteiger partial charge is 0.464 e. The number of amides is 2. The number of aromatic nitrogens is 1. The monoisotopic (exact) mass is 429 g/mol. The van der Waals surface area contributed by atoms with Crippen LogP contribution in [0.25, 0.3) is 0 Å². The topological polar surface area (TPSA) is 93.9 Å². The maximum Gasteiger partial charge on any atom is 0.416 e. The molecule has 1 aromatic carbocycles. The van der Waals surface area contributed by atoms with Gasteiger partial charge < -0.3 is 24.1 Å². The summed E-state index contributed by atoms with van der Waals surface area (Å²) in [5.74, 6) is -0.618. The van der Waals surface area contributed by atoms with E-state index in [1.165, 1.54) is 24.1 Å². The van der Waals surface area contributed by atoms with Crippen LogP contribution < -0.4 is 5.32 Å². The highest BCUT2D eigenvalue weighted by Crippen LogP contribution is 2.30. The molecule has 0 radical (unpaired) electrons. The number of carbonyl (C=O) groups excluding carboxylic acids is 2. The van der Waals surface area contributed by atoms with Gasteiger partial charge in [-0.2, -0.15) is 13.2 Å². The van der Waals surface area contributed by atoms with E-state index in [0.29, 0.717) is 19.6 Å². The van der Waals surface area contributed by atoms with Gasteiger partial charge in [-0.1, -0.05) is 6.07 Å². The summed E-state index contributed by atoms with van der Waals surface area (Å²) in [5, 5.41) is 2.44. The predicted octanol–water partition coefficient (Wildman–Crippen LogP) is 3.94. The fourth-order valence-electron chi connectivity index (χ4n) is 2.48. The molecule has 0 aliphatic carbocycles. The standard InChI is InChI=1S/C19H22F3N3O5/c1-3-29-9-5-8-25(11-16-24-15(12-30-16)17(26)28-2)18(27)23-14-7-4-6-13(10-14)19(20,21)22/h4,6-7,10,12H,3,5,8-9,11H2,1-2H3,(H,23,27). The number of rotatable bonds is 9. The molecule has 0 fully saturated rings. The van der Waals surface area contributed by atoms with Crippen molar-refractivity contribution < 1.29 is 36.7 Å². The third kappa shape index (κ3) is 6.76. The summed E-state index contributed by atoms with van der Waals surface area (Å²) in [6.45, 7) is 2.86. The summed E-state index contributed by atoms with van der Waals surface area (Å²) < 4.78 is 53.7. The number of alkyl halides is 3. The third-order valence-electron chi connectivity index (χ3n) is 3.92. The Morgan fingerprint density at radius 1 is 1.30 bits per heavy atom. The van der Waals surface area contributed by atoms with E-state index in [2.05, 4.69) is 15.0 Å². The van der Waals surface area contributed by atoms with Gasteiger partial charge in [0, 0.05) is 25.4 Å². The molecule has 164 valence electrons. The molecule has 2 aromatic rings. The SMILES string of the molecule is CCOCCCN(Cc1nc(C(=O)OC)co1)C(=O)Nc1cccc(C(F)(F)F)c1. The number of esters is 1. The van der Waals surface area contributed by atoms with Gasteiger partial charge in [0.15, 0.2) is 5.69 Å². The van der Waals surface area contributed by atoms with Crippen LogP contribution in [0.15, 0.2) is 34.9 Å². The van der Waals surface area contributed by atoms with Crippen molar-refractivity contribution in [2.24, 2.45) is 0 Å². The van der Waals surface area contributed by atoms with E-state index in [1.54, 1.807) is 0 Å². The van der Waals surface area contributed by atoms with Gasteiger partial charge in [0.2, 0.25) is 5.89 Å². The van der Waals surface area contributed by atoms with Gasteiger partial charge >= 0.3 is 18.2 Å².